The maximum absolute atomic E-state index is 13.9. The number of sulfonamides is 1. The molecule has 19 heavy (non-hydrogen) atoms. The predicted molar refractivity (Wildman–Crippen MR) is 77.4 cm³/mol. The van der Waals surface area contributed by atoms with Crippen molar-refractivity contribution in [2.45, 2.75) is 11.4 Å². The molecule has 7 heteroatoms. The minimum Gasteiger partial charge on any atom is -0.316 e. The Balaban J connectivity index is 3.01. The van der Waals surface area contributed by atoms with Crippen molar-refractivity contribution in [2.24, 2.45) is 0 Å². The van der Waals surface area contributed by atoms with Gasteiger partial charge in [0, 0.05) is 25.9 Å². The first kappa shape index (κ1) is 16.4. The lowest BCUT2D eigenvalue weighted by Crippen LogP contribution is -2.29. The monoisotopic (exact) mass is 306 g/mol. The topological polar surface area (TPSA) is 49.4 Å². The van der Waals surface area contributed by atoms with Gasteiger partial charge in [0.2, 0.25) is 10.0 Å². The summed E-state index contributed by atoms with van der Waals surface area (Å²) in [6.07, 6.45) is 1.90. The van der Waals surface area contributed by atoms with Gasteiger partial charge >= 0.3 is 0 Å². The molecule has 1 rings (SSSR count). The summed E-state index contributed by atoms with van der Waals surface area (Å²) in [4.78, 5) is -0.268. The average Bonchev–Trinajstić information content (AvgIpc) is 2.36. The zero-order valence-corrected chi connectivity index (χ0v) is 12.9. The molecule has 0 amide bonds. The van der Waals surface area contributed by atoms with E-state index in [1.165, 1.54) is 23.5 Å². The summed E-state index contributed by atoms with van der Waals surface area (Å²) >= 11 is 1.55. The molecule has 0 radical (unpaired) electrons. The van der Waals surface area contributed by atoms with E-state index in [1.807, 2.05) is 6.26 Å². The van der Waals surface area contributed by atoms with Crippen LogP contribution in [0.2, 0.25) is 0 Å². The number of benzene rings is 1. The molecule has 4 nitrogen and oxygen atoms in total. The third-order valence-electron chi connectivity index (χ3n) is 2.68. The molecular formula is C12H19FN2O2S2. The highest BCUT2D eigenvalue weighted by atomic mass is 32.2. The molecule has 0 saturated heterocycles. The van der Waals surface area contributed by atoms with E-state index in [2.05, 4.69) is 5.32 Å². The summed E-state index contributed by atoms with van der Waals surface area (Å²) < 4.78 is 39.5. The second-order valence-corrected chi connectivity index (χ2v) is 7.11. The van der Waals surface area contributed by atoms with E-state index in [-0.39, 0.29) is 4.90 Å². The lowest BCUT2D eigenvalue weighted by Gasteiger charge is -2.17. The van der Waals surface area contributed by atoms with Gasteiger partial charge in [-0.1, -0.05) is 6.07 Å². The van der Waals surface area contributed by atoms with E-state index >= 15 is 0 Å². The SMILES string of the molecule is CNCc1ccc(S(=O)(=O)N(C)CCSC)c(F)c1. The molecule has 1 aromatic carbocycles. The van der Waals surface area contributed by atoms with Crippen molar-refractivity contribution in [3.05, 3.63) is 29.6 Å². The highest BCUT2D eigenvalue weighted by Crippen LogP contribution is 2.19. The maximum Gasteiger partial charge on any atom is 0.245 e. The van der Waals surface area contributed by atoms with E-state index in [0.717, 1.165) is 0 Å². The van der Waals surface area contributed by atoms with Crippen LogP contribution in [0, 0.1) is 5.82 Å². The molecule has 0 aliphatic carbocycles. The molecule has 0 aliphatic rings. The first-order chi connectivity index (χ1) is 8.93. The molecule has 108 valence electrons. The van der Waals surface area contributed by atoms with Crippen LogP contribution in [0.5, 0.6) is 0 Å². The van der Waals surface area contributed by atoms with E-state index < -0.39 is 15.8 Å². The van der Waals surface area contributed by atoms with Gasteiger partial charge in [0.05, 0.1) is 0 Å². The van der Waals surface area contributed by atoms with E-state index in [4.69, 9.17) is 0 Å². The Kier molecular flexibility index (Phi) is 6.25. The third kappa shape index (κ3) is 4.17. The first-order valence-corrected chi connectivity index (χ1v) is 8.65. The normalized spacial score (nSPS) is 12.1. The molecule has 0 saturated carbocycles. The van der Waals surface area contributed by atoms with Gasteiger partial charge in [-0.2, -0.15) is 11.8 Å². The number of rotatable bonds is 7. The fourth-order valence-corrected chi connectivity index (χ4v) is 3.36. The minimum absolute atomic E-state index is 0.268. The van der Waals surface area contributed by atoms with Gasteiger partial charge in [-0.25, -0.2) is 17.1 Å². The Hall–Kier alpha value is -0.630. The van der Waals surface area contributed by atoms with Gasteiger partial charge in [0.15, 0.2) is 0 Å². The quantitative estimate of drug-likeness (QED) is 0.830. The van der Waals surface area contributed by atoms with Crippen LogP contribution in [-0.4, -0.2) is 45.4 Å². The first-order valence-electron chi connectivity index (χ1n) is 5.81. The van der Waals surface area contributed by atoms with Gasteiger partial charge in [-0.3, -0.25) is 0 Å². The van der Waals surface area contributed by atoms with Gasteiger partial charge in [-0.15, -0.1) is 0 Å². The second kappa shape index (κ2) is 7.23. The summed E-state index contributed by atoms with van der Waals surface area (Å²) in [5.41, 5.74) is 0.714. The lowest BCUT2D eigenvalue weighted by atomic mass is 10.2. The summed E-state index contributed by atoms with van der Waals surface area (Å²) in [6, 6.07) is 4.20. The Bertz CT molecular complexity index is 520. The third-order valence-corrected chi connectivity index (χ3v) is 5.16. The minimum atomic E-state index is -3.75. The highest BCUT2D eigenvalue weighted by Gasteiger charge is 2.24. The molecule has 0 spiro atoms. The van der Waals surface area contributed by atoms with Crippen LogP contribution >= 0.6 is 11.8 Å². The molecule has 0 heterocycles. The highest BCUT2D eigenvalue weighted by molar-refractivity contribution is 7.98. The fourth-order valence-electron chi connectivity index (χ4n) is 1.58. The Morgan fingerprint density at radius 1 is 1.42 bits per heavy atom. The van der Waals surface area contributed by atoms with Crippen molar-refractivity contribution in [2.75, 3.05) is 32.6 Å². The number of thioether (sulfide) groups is 1. The number of nitrogens with one attached hydrogen (secondary N) is 1. The molecule has 0 aliphatic heterocycles. The lowest BCUT2D eigenvalue weighted by molar-refractivity contribution is 0.479. The van der Waals surface area contributed by atoms with Gasteiger partial charge in [-0.05, 0) is 31.0 Å². The zero-order chi connectivity index (χ0) is 14.5. The van der Waals surface area contributed by atoms with Crippen LogP contribution in [-0.2, 0) is 16.6 Å². The summed E-state index contributed by atoms with van der Waals surface area (Å²) in [5.74, 6) is -0.0291. The standard InChI is InChI=1S/C12H19FN2O2S2/c1-14-9-10-4-5-12(11(13)8-10)19(16,17)15(2)6-7-18-3/h4-5,8,14H,6-7,9H2,1-3H3. The summed E-state index contributed by atoms with van der Waals surface area (Å²) in [7, 11) is -0.535. The van der Waals surface area contributed by atoms with E-state index in [0.29, 0.717) is 24.4 Å². The van der Waals surface area contributed by atoms with Crippen LogP contribution in [0.25, 0.3) is 0 Å². The molecule has 0 atom stereocenters. The van der Waals surface area contributed by atoms with Crippen molar-refractivity contribution in [3.63, 3.8) is 0 Å². The van der Waals surface area contributed by atoms with Gasteiger partial charge in [0.1, 0.15) is 10.7 Å². The van der Waals surface area contributed by atoms with Gasteiger partial charge < -0.3 is 5.32 Å². The molecule has 0 aromatic heterocycles. The Morgan fingerprint density at radius 2 is 2.11 bits per heavy atom. The molecule has 0 bridgehead atoms. The molecular weight excluding hydrogens is 287 g/mol. The van der Waals surface area contributed by atoms with Crippen molar-refractivity contribution < 1.29 is 12.8 Å². The predicted octanol–water partition coefficient (Wildman–Crippen LogP) is 1.53. The Morgan fingerprint density at radius 3 is 2.63 bits per heavy atom. The smallest absolute Gasteiger partial charge is 0.245 e. The molecule has 1 N–H and O–H groups in total. The fraction of sp³-hybridized carbons (Fsp3) is 0.500. The molecule has 1 aromatic rings. The van der Waals surface area contributed by atoms with Gasteiger partial charge in [0.25, 0.3) is 0 Å². The van der Waals surface area contributed by atoms with Crippen molar-refractivity contribution in [3.8, 4) is 0 Å². The zero-order valence-electron chi connectivity index (χ0n) is 11.3. The molecule has 0 fully saturated rings. The van der Waals surface area contributed by atoms with E-state index in [1.54, 1.807) is 24.9 Å². The Labute approximate surface area is 118 Å². The number of nitrogens with zero attached hydrogens (tertiary/aromatic N) is 1. The van der Waals surface area contributed by atoms with Crippen molar-refractivity contribution in [1.82, 2.24) is 9.62 Å². The average molecular weight is 306 g/mol. The van der Waals surface area contributed by atoms with Crippen LogP contribution in [0.15, 0.2) is 23.1 Å². The van der Waals surface area contributed by atoms with Crippen molar-refractivity contribution in [1.29, 1.82) is 0 Å². The second-order valence-electron chi connectivity index (χ2n) is 4.11. The number of hydrogen-bond donors (Lipinski definition) is 1. The number of hydrogen-bond acceptors (Lipinski definition) is 4. The van der Waals surface area contributed by atoms with Crippen LogP contribution in [0.4, 0.5) is 4.39 Å². The number of halogens is 1. The van der Waals surface area contributed by atoms with Crippen molar-refractivity contribution >= 4 is 21.8 Å². The van der Waals surface area contributed by atoms with Crippen LogP contribution in [0.3, 0.4) is 0 Å². The largest absolute Gasteiger partial charge is 0.316 e. The molecule has 0 unspecified atom stereocenters. The van der Waals surface area contributed by atoms with Crippen LogP contribution < -0.4 is 5.32 Å². The maximum atomic E-state index is 13.9. The summed E-state index contributed by atoms with van der Waals surface area (Å²) in [5, 5.41) is 2.89. The van der Waals surface area contributed by atoms with Crippen LogP contribution in [0.1, 0.15) is 5.56 Å². The summed E-state index contributed by atoms with van der Waals surface area (Å²) in [6.45, 7) is 0.862. The van der Waals surface area contributed by atoms with E-state index in [9.17, 15) is 12.8 Å².